The zero-order valence-electron chi connectivity index (χ0n) is 8.34. The monoisotopic (exact) mass is 237 g/mol. The Kier molecular flexibility index (Phi) is 5.72. The molecule has 0 aromatic heterocycles. The summed E-state index contributed by atoms with van der Waals surface area (Å²) >= 11 is 0. The van der Waals surface area contributed by atoms with Gasteiger partial charge in [0, 0.05) is 6.04 Å². The van der Waals surface area contributed by atoms with Crippen molar-refractivity contribution in [2.75, 3.05) is 6.61 Å². The van der Waals surface area contributed by atoms with Crippen molar-refractivity contribution >= 4 is 12.4 Å². The number of aliphatic hydroxyl groups is 1. The van der Waals surface area contributed by atoms with Gasteiger partial charge in [0.05, 0.1) is 6.61 Å². The van der Waals surface area contributed by atoms with Crippen molar-refractivity contribution in [3.8, 4) is 0 Å². The van der Waals surface area contributed by atoms with Crippen LogP contribution in [-0.4, -0.2) is 17.8 Å². The number of hydrogen-bond acceptors (Lipinski definition) is 2. The maximum atomic E-state index is 13.1. The van der Waals surface area contributed by atoms with E-state index in [1.54, 1.807) is 0 Å². The van der Waals surface area contributed by atoms with Crippen molar-refractivity contribution in [1.29, 1.82) is 0 Å². The zero-order chi connectivity index (χ0) is 10.7. The van der Waals surface area contributed by atoms with Crippen molar-refractivity contribution in [3.63, 3.8) is 0 Å². The Bertz CT molecular complexity index is 333. The van der Waals surface area contributed by atoms with Crippen LogP contribution < -0.4 is 5.73 Å². The lowest BCUT2D eigenvalue weighted by molar-refractivity contribution is 0.265. The molecule has 5 heteroatoms. The summed E-state index contributed by atoms with van der Waals surface area (Å²) in [6.45, 7) is 1.33. The average molecular weight is 238 g/mol. The van der Waals surface area contributed by atoms with Gasteiger partial charge in [0.1, 0.15) is 0 Å². The van der Waals surface area contributed by atoms with E-state index in [1.807, 2.05) is 0 Å². The Labute approximate surface area is 93.5 Å². The molecule has 86 valence electrons. The van der Waals surface area contributed by atoms with Gasteiger partial charge in [0.15, 0.2) is 11.6 Å². The molecule has 3 N–H and O–H groups in total. The van der Waals surface area contributed by atoms with Crippen LogP contribution in [0, 0.1) is 18.6 Å². The predicted octanol–water partition coefficient (Wildman–Crippen LogP) is 1.56. The third-order valence-electron chi connectivity index (χ3n) is 2.17. The highest BCUT2D eigenvalue weighted by Crippen LogP contribution is 2.16. The SMILES string of the molecule is Cc1c(CC(N)CO)ccc(F)c1F.Cl. The molecule has 1 rings (SSSR count). The molecule has 0 saturated carbocycles. The molecular weight excluding hydrogens is 224 g/mol. The summed E-state index contributed by atoms with van der Waals surface area (Å²) in [5.74, 6) is -1.70. The smallest absolute Gasteiger partial charge is 0.161 e. The fourth-order valence-electron chi connectivity index (χ4n) is 1.26. The second kappa shape index (κ2) is 6.00. The number of halogens is 3. The molecule has 0 aliphatic carbocycles. The van der Waals surface area contributed by atoms with Crippen LogP contribution in [-0.2, 0) is 6.42 Å². The van der Waals surface area contributed by atoms with E-state index in [9.17, 15) is 8.78 Å². The van der Waals surface area contributed by atoms with E-state index >= 15 is 0 Å². The third-order valence-corrected chi connectivity index (χ3v) is 2.17. The Balaban J connectivity index is 0.00000196. The second-order valence-corrected chi connectivity index (χ2v) is 3.29. The Morgan fingerprint density at radius 2 is 2.00 bits per heavy atom. The van der Waals surface area contributed by atoms with Gasteiger partial charge in [-0.15, -0.1) is 12.4 Å². The molecule has 0 aliphatic rings. The molecular formula is C10H14ClF2NO. The van der Waals surface area contributed by atoms with Gasteiger partial charge in [-0.1, -0.05) is 6.07 Å². The van der Waals surface area contributed by atoms with Crippen LogP contribution in [0.1, 0.15) is 11.1 Å². The molecule has 2 nitrogen and oxygen atoms in total. The first-order valence-corrected chi connectivity index (χ1v) is 4.36. The Morgan fingerprint density at radius 3 is 2.53 bits per heavy atom. The molecule has 1 unspecified atom stereocenters. The average Bonchev–Trinajstić information content (AvgIpc) is 2.19. The van der Waals surface area contributed by atoms with Crippen LogP contribution in [0.25, 0.3) is 0 Å². The first kappa shape index (κ1) is 14.3. The minimum Gasteiger partial charge on any atom is -0.395 e. The van der Waals surface area contributed by atoms with Crippen LogP contribution >= 0.6 is 12.4 Å². The van der Waals surface area contributed by atoms with Gasteiger partial charge in [-0.05, 0) is 30.5 Å². The minimum atomic E-state index is -0.858. The van der Waals surface area contributed by atoms with Crippen LogP contribution in [0.5, 0.6) is 0 Å². The van der Waals surface area contributed by atoms with Crippen LogP contribution in [0.4, 0.5) is 8.78 Å². The molecule has 1 atom stereocenters. The molecule has 1 aromatic rings. The van der Waals surface area contributed by atoms with E-state index in [1.165, 1.54) is 13.0 Å². The van der Waals surface area contributed by atoms with Gasteiger partial charge < -0.3 is 10.8 Å². The van der Waals surface area contributed by atoms with Gasteiger partial charge in [-0.25, -0.2) is 8.78 Å². The number of aliphatic hydroxyl groups excluding tert-OH is 1. The molecule has 0 amide bonds. The first-order chi connectivity index (χ1) is 6.56. The summed E-state index contributed by atoms with van der Waals surface area (Å²) in [4.78, 5) is 0. The zero-order valence-corrected chi connectivity index (χ0v) is 9.15. The van der Waals surface area contributed by atoms with E-state index in [0.29, 0.717) is 12.0 Å². The summed E-state index contributed by atoms with van der Waals surface area (Å²) in [6, 6.07) is 2.13. The van der Waals surface area contributed by atoms with Gasteiger partial charge in [-0.3, -0.25) is 0 Å². The fourth-order valence-corrected chi connectivity index (χ4v) is 1.26. The highest BCUT2D eigenvalue weighted by atomic mass is 35.5. The molecule has 0 bridgehead atoms. The summed E-state index contributed by atoms with van der Waals surface area (Å²) in [6.07, 6.45) is 0.347. The maximum Gasteiger partial charge on any atom is 0.161 e. The maximum absolute atomic E-state index is 13.1. The normalized spacial score (nSPS) is 12.1. The number of benzene rings is 1. The standard InChI is InChI=1S/C10H13F2NO.ClH/c1-6-7(4-8(13)5-14)2-3-9(11)10(6)12;/h2-3,8,14H,4-5,13H2,1H3;1H. The molecule has 0 heterocycles. The van der Waals surface area contributed by atoms with Gasteiger partial charge in [0.2, 0.25) is 0 Å². The molecule has 0 saturated heterocycles. The Hall–Kier alpha value is -0.710. The van der Waals surface area contributed by atoms with E-state index in [4.69, 9.17) is 10.8 Å². The topological polar surface area (TPSA) is 46.2 Å². The second-order valence-electron chi connectivity index (χ2n) is 3.29. The van der Waals surface area contributed by atoms with E-state index in [2.05, 4.69) is 0 Å². The Morgan fingerprint density at radius 1 is 1.40 bits per heavy atom. The van der Waals surface area contributed by atoms with Crippen molar-refractivity contribution in [2.24, 2.45) is 5.73 Å². The van der Waals surface area contributed by atoms with Gasteiger partial charge in [0.25, 0.3) is 0 Å². The quantitative estimate of drug-likeness (QED) is 0.838. The highest BCUT2D eigenvalue weighted by molar-refractivity contribution is 5.85. The predicted molar refractivity (Wildman–Crippen MR) is 57.1 cm³/mol. The van der Waals surface area contributed by atoms with Gasteiger partial charge in [-0.2, -0.15) is 0 Å². The molecule has 0 fully saturated rings. The summed E-state index contributed by atoms with van der Waals surface area (Å²) in [7, 11) is 0. The van der Waals surface area contributed by atoms with Crippen molar-refractivity contribution in [1.82, 2.24) is 0 Å². The largest absolute Gasteiger partial charge is 0.395 e. The first-order valence-electron chi connectivity index (χ1n) is 4.36. The third kappa shape index (κ3) is 3.41. The van der Waals surface area contributed by atoms with E-state index in [0.717, 1.165) is 6.07 Å². The lowest BCUT2D eigenvalue weighted by Gasteiger charge is -2.11. The van der Waals surface area contributed by atoms with E-state index < -0.39 is 17.7 Å². The van der Waals surface area contributed by atoms with Crippen LogP contribution in [0.15, 0.2) is 12.1 Å². The summed E-state index contributed by atoms with van der Waals surface area (Å²) in [5, 5.41) is 8.72. The van der Waals surface area contributed by atoms with Crippen molar-refractivity contribution in [2.45, 2.75) is 19.4 Å². The van der Waals surface area contributed by atoms with Crippen LogP contribution in [0.3, 0.4) is 0 Å². The fraction of sp³-hybridized carbons (Fsp3) is 0.400. The van der Waals surface area contributed by atoms with E-state index in [-0.39, 0.29) is 24.6 Å². The number of nitrogens with two attached hydrogens (primary N) is 1. The van der Waals surface area contributed by atoms with Crippen LogP contribution in [0.2, 0.25) is 0 Å². The molecule has 0 spiro atoms. The van der Waals surface area contributed by atoms with Crippen molar-refractivity contribution < 1.29 is 13.9 Å². The van der Waals surface area contributed by atoms with Gasteiger partial charge >= 0.3 is 0 Å². The number of hydrogen-bond donors (Lipinski definition) is 2. The molecule has 0 aliphatic heterocycles. The van der Waals surface area contributed by atoms with Crippen molar-refractivity contribution in [3.05, 3.63) is 34.9 Å². The molecule has 1 aromatic carbocycles. The lowest BCUT2D eigenvalue weighted by Crippen LogP contribution is -2.27. The molecule has 0 radical (unpaired) electrons. The summed E-state index contributed by atoms with van der Waals surface area (Å²) in [5.41, 5.74) is 6.38. The summed E-state index contributed by atoms with van der Waals surface area (Å²) < 4.78 is 25.8. The molecule has 15 heavy (non-hydrogen) atoms. The lowest BCUT2D eigenvalue weighted by atomic mass is 10.0. The highest BCUT2D eigenvalue weighted by Gasteiger charge is 2.11. The number of rotatable bonds is 3. The minimum absolute atomic E-state index is 0.